The van der Waals surface area contributed by atoms with E-state index in [2.05, 4.69) is 34.9 Å². The van der Waals surface area contributed by atoms with E-state index in [0.717, 1.165) is 48.4 Å². The van der Waals surface area contributed by atoms with Gasteiger partial charge in [-0.15, -0.1) is 12.4 Å². The molecular weight excluding hydrogens is 336 g/mol. The summed E-state index contributed by atoms with van der Waals surface area (Å²) in [4.78, 5) is 12.2. The molecule has 1 aliphatic heterocycles. The summed E-state index contributed by atoms with van der Waals surface area (Å²) in [5, 5.41) is 6.34. The molecule has 3 rings (SSSR count). The summed E-state index contributed by atoms with van der Waals surface area (Å²) in [6.45, 7) is 2.47. The monoisotopic (exact) mass is 360 g/mol. The Morgan fingerprint density at radius 3 is 2.16 bits per heavy atom. The lowest BCUT2D eigenvalue weighted by atomic mass is 9.97. The van der Waals surface area contributed by atoms with Crippen molar-refractivity contribution in [2.75, 3.05) is 20.2 Å². The van der Waals surface area contributed by atoms with Crippen LogP contribution in [0.1, 0.15) is 18.4 Å². The number of hydrogen-bond acceptors (Lipinski definition) is 3. The highest BCUT2D eigenvalue weighted by Gasteiger charge is 2.20. The SMILES string of the molecule is COc1ccc(-c2ccc(CNC(=O)C3CCNCC3)cc2)cc1.Cl. The smallest absolute Gasteiger partial charge is 0.223 e. The van der Waals surface area contributed by atoms with Crippen LogP contribution in [0.5, 0.6) is 5.75 Å². The first kappa shape index (κ1) is 19.3. The zero-order chi connectivity index (χ0) is 16.8. The second kappa shape index (κ2) is 9.44. The van der Waals surface area contributed by atoms with Crippen LogP contribution in [0.3, 0.4) is 0 Å². The summed E-state index contributed by atoms with van der Waals surface area (Å²) in [6, 6.07) is 16.3. The Labute approximate surface area is 155 Å². The zero-order valence-corrected chi connectivity index (χ0v) is 15.3. The molecule has 1 fully saturated rings. The minimum atomic E-state index is 0. The number of halogens is 1. The number of carbonyl (C=O) groups excluding carboxylic acids is 1. The van der Waals surface area contributed by atoms with Crippen LogP contribution >= 0.6 is 12.4 Å². The molecule has 0 aliphatic carbocycles. The molecule has 0 aromatic heterocycles. The van der Waals surface area contributed by atoms with E-state index in [9.17, 15) is 4.79 Å². The first-order valence-corrected chi connectivity index (χ1v) is 8.48. The molecule has 4 nitrogen and oxygen atoms in total. The van der Waals surface area contributed by atoms with E-state index in [1.807, 2.05) is 24.3 Å². The molecule has 1 heterocycles. The van der Waals surface area contributed by atoms with Crippen LogP contribution in [0.25, 0.3) is 11.1 Å². The quantitative estimate of drug-likeness (QED) is 0.859. The number of rotatable bonds is 5. The lowest BCUT2D eigenvalue weighted by molar-refractivity contribution is -0.125. The summed E-state index contributed by atoms with van der Waals surface area (Å²) in [5.41, 5.74) is 3.43. The molecule has 5 heteroatoms. The number of piperidine rings is 1. The first-order chi connectivity index (χ1) is 11.8. The molecule has 0 unspecified atom stereocenters. The maximum Gasteiger partial charge on any atom is 0.223 e. The van der Waals surface area contributed by atoms with E-state index >= 15 is 0 Å². The van der Waals surface area contributed by atoms with E-state index < -0.39 is 0 Å². The van der Waals surface area contributed by atoms with Gasteiger partial charge in [0.2, 0.25) is 5.91 Å². The van der Waals surface area contributed by atoms with Crippen LogP contribution in [-0.4, -0.2) is 26.1 Å². The maximum atomic E-state index is 12.2. The van der Waals surface area contributed by atoms with Gasteiger partial charge in [0.05, 0.1) is 7.11 Å². The number of carbonyl (C=O) groups is 1. The van der Waals surface area contributed by atoms with Gasteiger partial charge >= 0.3 is 0 Å². The number of amides is 1. The molecular formula is C20H25ClN2O2. The van der Waals surface area contributed by atoms with Crippen molar-refractivity contribution in [2.24, 2.45) is 5.92 Å². The van der Waals surface area contributed by atoms with Crippen molar-refractivity contribution < 1.29 is 9.53 Å². The molecule has 0 saturated carbocycles. The molecule has 0 radical (unpaired) electrons. The lowest BCUT2D eigenvalue weighted by Crippen LogP contribution is -2.37. The fourth-order valence-electron chi connectivity index (χ4n) is 3.02. The van der Waals surface area contributed by atoms with Crippen LogP contribution in [0, 0.1) is 5.92 Å². The Balaban J connectivity index is 0.00000225. The Hall–Kier alpha value is -2.04. The molecule has 134 valence electrons. The molecule has 1 saturated heterocycles. The zero-order valence-electron chi connectivity index (χ0n) is 14.5. The molecule has 2 aromatic rings. The Morgan fingerprint density at radius 2 is 1.60 bits per heavy atom. The van der Waals surface area contributed by atoms with Crippen molar-refractivity contribution in [1.29, 1.82) is 0 Å². The highest BCUT2D eigenvalue weighted by Crippen LogP contribution is 2.22. The van der Waals surface area contributed by atoms with E-state index in [4.69, 9.17) is 4.74 Å². The summed E-state index contributed by atoms with van der Waals surface area (Å²) in [5.74, 6) is 1.19. The van der Waals surface area contributed by atoms with Crippen LogP contribution in [0.2, 0.25) is 0 Å². The third-order valence-corrected chi connectivity index (χ3v) is 4.55. The fraction of sp³-hybridized carbons (Fsp3) is 0.350. The average Bonchev–Trinajstić information content (AvgIpc) is 2.67. The van der Waals surface area contributed by atoms with Gasteiger partial charge in [-0.3, -0.25) is 4.79 Å². The molecule has 2 aromatic carbocycles. The highest BCUT2D eigenvalue weighted by molar-refractivity contribution is 5.85. The van der Waals surface area contributed by atoms with Gasteiger partial charge in [-0.05, 0) is 54.8 Å². The predicted octanol–water partition coefficient (Wildman–Crippen LogP) is 3.40. The van der Waals surface area contributed by atoms with Crippen LogP contribution < -0.4 is 15.4 Å². The molecule has 0 bridgehead atoms. The predicted molar refractivity (Wildman–Crippen MR) is 103 cm³/mol. The van der Waals surface area contributed by atoms with E-state index in [1.54, 1.807) is 7.11 Å². The van der Waals surface area contributed by atoms with Gasteiger partial charge in [-0.2, -0.15) is 0 Å². The van der Waals surface area contributed by atoms with Crippen molar-refractivity contribution in [1.82, 2.24) is 10.6 Å². The van der Waals surface area contributed by atoms with Crippen molar-refractivity contribution in [3.05, 3.63) is 54.1 Å². The van der Waals surface area contributed by atoms with Crippen molar-refractivity contribution >= 4 is 18.3 Å². The summed E-state index contributed by atoms with van der Waals surface area (Å²) < 4.78 is 5.18. The minimum absolute atomic E-state index is 0. The highest BCUT2D eigenvalue weighted by atomic mass is 35.5. The molecule has 1 aliphatic rings. The molecule has 1 amide bonds. The summed E-state index contributed by atoms with van der Waals surface area (Å²) in [7, 11) is 1.67. The normalized spacial score (nSPS) is 14.4. The van der Waals surface area contributed by atoms with Crippen LogP contribution in [-0.2, 0) is 11.3 Å². The van der Waals surface area contributed by atoms with Gasteiger partial charge in [0.15, 0.2) is 0 Å². The summed E-state index contributed by atoms with van der Waals surface area (Å²) in [6.07, 6.45) is 1.87. The largest absolute Gasteiger partial charge is 0.497 e. The Morgan fingerprint density at radius 1 is 1.04 bits per heavy atom. The van der Waals surface area contributed by atoms with Crippen molar-refractivity contribution in [2.45, 2.75) is 19.4 Å². The van der Waals surface area contributed by atoms with Crippen molar-refractivity contribution in [3.8, 4) is 16.9 Å². The third-order valence-electron chi connectivity index (χ3n) is 4.55. The van der Waals surface area contributed by atoms with E-state index in [-0.39, 0.29) is 24.2 Å². The van der Waals surface area contributed by atoms with Gasteiger partial charge in [0.25, 0.3) is 0 Å². The van der Waals surface area contributed by atoms with Gasteiger partial charge in [-0.25, -0.2) is 0 Å². The molecule has 0 spiro atoms. The minimum Gasteiger partial charge on any atom is -0.497 e. The number of hydrogen-bond donors (Lipinski definition) is 2. The van der Waals surface area contributed by atoms with Gasteiger partial charge in [-0.1, -0.05) is 36.4 Å². The number of methoxy groups -OCH3 is 1. The van der Waals surface area contributed by atoms with Gasteiger partial charge in [0, 0.05) is 12.5 Å². The van der Waals surface area contributed by atoms with Gasteiger partial charge in [0.1, 0.15) is 5.75 Å². The Kier molecular flexibility index (Phi) is 7.29. The van der Waals surface area contributed by atoms with Crippen LogP contribution in [0.15, 0.2) is 48.5 Å². The maximum absolute atomic E-state index is 12.2. The third kappa shape index (κ3) is 5.21. The summed E-state index contributed by atoms with van der Waals surface area (Å²) >= 11 is 0. The van der Waals surface area contributed by atoms with Crippen LogP contribution in [0.4, 0.5) is 0 Å². The topological polar surface area (TPSA) is 50.4 Å². The average molecular weight is 361 g/mol. The first-order valence-electron chi connectivity index (χ1n) is 8.48. The molecule has 0 atom stereocenters. The van der Waals surface area contributed by atoms with E-state index in [0.29, 0.717) is 6.54 Å². The number of ether oxygens (including phenoxy) is 1. The van der Waals surface area contributed by atoms with E-state index in [1.165, 1.54) is 0 Å². The second-order valence-corrected chi connectivity index (χ2v) is 6.17. The molecule has 2 N–H and O–H groups in total. The Bertz CT molecular complexity index is 665. The van der Waals surface area contributed by atoms with Gasteiger partial charge < -0.3 is 15.4 Å². The number of nitrogens with one attached hydrogen (secondary N) is 2. The van der Waals surface area contributed by atoms with Crippen molar-refractivity contribution in [3.63, 3.8) is 0 Å². The second-order valence-electron chi connectivity index (χ2n) is 6.17. The fourth-order valence-corrected chi connectivity index (χ4v) is 3.02. The molecule has 25 heavy (non-hydrogen) atoms. The standard InChI is InChI=1S/C20H24N2O2.ClH/c1-24-19-8-6-17(7-9-19)16-4-2-15(3-5-16)14-22-20(23)18-10-12-21-13-11-18;/h2-9,18,21H,10-14H2,1H3,(H,22,23);1H. The lowest BCUT2D eigenvalue weighted by Gasteiger charge is -2.21. The number of benzene rings is 2.